The van der Waals surface area contributed by atoms with Gasteiger partial charge in [0.2, 0.25) is 0 Å². The van der Waals surface area contributed by atoms with Crippen molar-refractivity contribution in [3.05, 3.63) is 63.5 Å². The van der Waals surface area contributed by atoms with E-state index in [1.807, 2.05) is 0 Å². The Balaban J connectivity index is 1.73. The fraction of sp³-hybridized carbons (Fsp3) is 0.263. The van der Waals surface area contributed by atoms with E-state index in [-0.39, 0.29) is 41.7 Å². The third-order valence-corrected chi connectivity index (χ3v) is 4.59. The average molecular weight is 372 g/mol. The Bertz CT molecular complexity index is 926. The highest BCUT2D eigenvalue weighted by Gasteiger charge is 2.32. The summed E-state index contributed by atoms with van der Waals surface area (Å²) in [5.41, 5.74) is 0.913. The van der Waals surface area contributed by atoms with Crippen LogP contribution in [0.2, 0.25) is 0 Å². The molecule has 2 aromatic rings. The van der Waals surface area contributed by atoms with Gasteiger partial charge < -0.3 is 9.64 Å². The fourth-order valence-corrected chi connectivity index (χ4v) is 3.12. The number of Topliss-reactive ketones (excluding diaryl/α,β-unsaturated/α-hetero) is 1. The Morgan fingerprint density at radius 1 is 1.30 bits per heavy atom. The maximum atomic E-state index is 14.0. The van der Waals surface area contributed by atoms with Crippen molar-refractivity contribution in [1.82, 2.24) is 0 Å². The van der Waals surface area contributed by atoms with Gasteiger partial charge >= 0.3 is 0 Å². The van der Waals surface area contributed by atoms with Crippen molar-refractivity contribution in [2.24, 2.45) is 0 Å². The molecule has 0 heterocycles. The molecule has 1 atom stereocenters. The number of carbonyl (C=O) groups excluding carboxylic acids is 2. The van der Waals surface area contributed by atoms with E-state index in [2.05, 4.69) is 0 Å². The van der Waals surface area contributed by atoms with E-state index in [1.165, 1.54) is 48.3 Å². The Kier molecular flexibility index (Phi) is 4.89. The second kappa shape index (κ2) is 7.14. The molecule has 7 nitrogen and oxygen atoms in total. The Labute approximate surface area is 154 Å². The molecule has 0 radical (unpaired) electrons. The lowest BCUT2D eigenvalue weighted by molar-refractivity contribution is -0.384. The highest BCUT2D eigenvalue weighted by Crippen LogP contribution is 2.39. The first-order valence-electron chi connectivity index (χ1n) is 8.29. The summed E-state index contributed by atoms with van der Waals surface area (Å²) in [6, 6.07) is 8.09. The first-order chi connectivity index (χ1) is 12.8. The zero-order valence-electron chi connectivity index (χ0n) is 14.8. The second-order valence-electron chi connectivity index (χ2n) is 6.38. The number of fused-ring (bicyclic) bond motifs is 1. The van der Waals surface area contributed by atoms with Gasteiger partial charge in [-0.2, -0.15) is 0 Å². The third-order valence-electron chi connectivity index (χ3n) is 4.59. The van der Waals surface area contributed by atoms with Gasteiger partial charge in [0.15, 0.2) is 12.4 Å². The maximum Gasteiger partial charge on any atom is 0.269 e. The summed E-state index contributed by atoms with van der Waals surface area (Å²) in [7, 11) is 1.51. The maximum absolute atomic E-state index is 14.0. The minimum atomic E-state index is -0.526. The molecule has 0 N–H and O–H groups in total. The Hall–Kier alpha value is -3.29. The molecule has 1 aliphatic carbocycles. The Morgan fingerprint density at radius 3 is 2.59 bits per heavy atom. The molecule has 1 unspecified atom stereocenters. The van der Waals surface area contributed by atoms with Gasteiger partial charge in [0.25, 0.3) is 11.6 Å². The molecule has 3 rings (SSSR count). The van der Waals surface area contributed by atoms with Crippen LogP contribution < -0.4 is 9.64 Å². The summed E-state index contributed by atoms with van der Waals surface area (Å²) in [4.78, 5) is 36.0. The molecule has 140 valence electrons. The van der Waals surface area contributed by atoms with Gasteiger partial charge in [0.1, 0.15) is 11.6 Å². The lowest BCUT2D eigenvalue weighted by Gasteiger charge is -2.18. The number of benzene rings is 2. The van der Waals surface area contributed by atoms with Crippen molar-refractivity contribution in [3.63, 3.8) is 0 Å². The molecule has 0 saturated heterocycles. The summed E-state index contributed by atoms with van der Waals surface area (Å²) >= 11 is 0. The number of nitro groups is 1. The number of ketones is 1. The smallest absolute Gasteiger partial charge is 0.269 e. The highest BCUT2D eigenvalue weighted by atomic mass is 19.1. The molecule has 8 heteroatoms. The van der Waals surface area contributed by atoms with Gasteiger partial charge in [-0.25, -0.2) is 4.39 Å². The summed E-state index contributed by atoms with van der Waals surface area (Å²) in [6.45, 7) is 1.41. The van der Waals surface area contributed by atoms with Crippen molar-refractivity contribution in [1.29, 1.82) is 0 Å². The lowest BCUT2D eigenvalue weighted by atomic mass is 10.0. The van der Waals surface area contributed by atoms with Crippen LogP contribution in [0.25, 0.3) is 0 Å². The third kappa shape index (κ3) is 3.51. The second-order valence-corrected chi connectivity index (χ2v) is 6.38. The van der Waals surface area contributed by atoms with E-state index in [4.69, 9.17) is 4.74 Å². The number of carbonyl (C=O) groups is 2. The van der Waals surface area contributed by atoms with Gasteiger partial charge in [-0.05, 0) is 30.2 Å². The number of hydrogen-bond donors (Lipinski definition) is 0. The van der Waals surface area contributed by atoms with Crippen LogP contribution in [0.15, 0.2) is 36.4 Å². The van der Waals surface area contributed by atoms with E-state index in [0.29, 0.717) is 11.3 Å². The number of non-ortho nitro benzene ring substituents is 1. The number of nitro benzene ring substituents is 1. The predicted molar refractivity (Wildman–Crippen MR) is 95.8 cm³/mol. The van der Waals surface area contributed by atoms with Gasteiger partial charge in [-0.3, -0.25) is 19.7 Å². The van der Waals surface area contributed by atoms with Crippen LogP contribution in [0.4, 0.5) is 15.8 Å². The van der Waals surface area contributed by atoms with Crippen molar-refractivity contribution in [3.8, 4) is 5.75 Å². The monoisotopic (exact) mass is 372 g/mol. The molecule has 0 aromatic heterocycles. The molecule has 1 aliphatic rings. The summed E-state index contributed by atoms with van der Waals surface area (Å²) in [5.74, 6) is -1.12. The predicted octanol–water partition coefficient (Wildman–Crippen LogP) is 3.47. The number of ether oxygens (including phenoxy) is 1. The summed E-state index contributed by atoms with van der Waals surface area (Å²) < 4.78 is 19.5. The van der Waals surface area contributed by atoms with Crippen LogP contribution in [0.3, 0.4) is 0 Å². The highest BCUT2D eigenvalue weighted by molar-refractivity contribution is 6.04. The number of halogens is 1. The van der Waals surface area contributed by atoms with E-state index < -0.39 is 16.6 Å². The molecule has 0 spiro atoms. The zero-order chi connectivity index (χ0) is 19.7. The van der Waals surface area contributed by atoms with Crippen LogP contribution in [0.5, 0.6) is 5.75 Å². The zero-order valence-corrected chi connectivity index (χ0v) is 14.8. The standard InChI is InChI=1S/C19H17FN2O5/c1-11-9-15(23)19-16(8-7-14(20)18(11)19)27-10-17(24)21(2)12-3-5-13(6-4-12)22(25)26/h3-8,11H,9-10H2,1-2H3. The van der Waals surface area contributed by atoms with Crippen LogP contribution in [-0.2, 0) is 4.79 Å². The minimum absolute atomic E-state index is 0.0784. The molecular weight excluding hydrogens is 355 g/mol. The van der Waals surface area contributed by atoms with E-state index >= 15 is 0 Å². The molecule has 2 aromatic carbocycles. The van der Waals surface area contributed by atoms with E-state index in [1.54, 1.807) is 6.92 Å². The number of likely N-dealkylation sites (N-methyl/N-ethyl adjacent to an activating group) is 1. The van der Waals surface area contributed by atoms with Crippen LogP contribution in [-0.4, -0.2) is 30.3 Å². The summed E-state index contributed by atoms with van der Waals surface area (Å²) in [5, 5.41) is 10.7. The lowest BCUT2D eigenvalue weighted by Crippen LogP contribution is -2.31. The minimum Gasteiger partial charge on any atom is -0.483 e. The first kappa shape index (κ1) is 18.5. The summed E-state index contributed by atoms with van der Waals surface area (Å²) in [6.07, 6.45) is 0.212. The van der Waals surface area contributed by atoms with Crippen molar-refractivity contribution >= 4 is 23.1 Å². The van der Waals surface area contributed by atoms with Crippen molar-refractivity contribution < 1.29 is 23.6 Å². The Morgan fingerprint density at radius 2 is 1.96 bits per heavy atom. The first-order valence-corrected chi connectivity index (χ1v) is 8.29. The normalized spacial score (nSPS) is 15.4. The molecule has 0 aliphatic heterocycles. The number of anilines is 1. The fourth-order valence-electron chi connectivity index (χ4n) is 3.12. The van der Waals surface area contributed by atoms with Gasteiger partial charge in [0.05, 0.1) is 10.5 Å². The van der Waals surface area contributed by atoms with Gasteiger partial charge in [0, 0.05) is 36.9 Å². The molecule has 0 saturated carbocycles. The molecule has 27 heavy (non-hydrogen) atoms. The van der Waals surface area contributed by atoms with Gasteiger partial charge in [-0.1, -0.05) is 6.92 Å². The average Bonchev–Trinajstić information content (AvgIpc) is 2.95. The van der Waals surface area contributed by atoms with Crippen LogP contribution in [0.1, 0.15) is 35.2 Å². The van der Waals surface area contributed by atoms with Gasteiger partial charge in [-0.15, -0.1) is 0 Å². The van der Waals surface area contributed by atoms with E-state index in [9.17, 15) is 24.1 Å². The largest absolute Gasteiger partial charge is 0.483 e. The van der Waals surface area contributed by atoms with E-state index in [0.717, 1.165) is 0 Å². The van der Waals surface area contributed by atoms with Crippen molar-refractivity contribution in [2.75, 3.05) is 18.6 Å². The quantitative estimate of drug-likeness (QED) is 0.592. The van der Waals surface area contributed by atoms with Crippen molar-refractivity contribution in [2.45, 2.75) is 19.3 Å². The topological polar surface area (TPSA) is 89.8 Å². The molecule has 0 bridgehead atoms. The SMILES string of the molecule is CC1CC(=O)c2c(OCC(=O)N(C)c3ccc([N+](=O)[O-])cc3)ccc(F)c21. The number of amides is 1. The number of nitrogens with zero attached hydrogens (tertiary/aromatic N) is 2. The number of hydrogen-bond acceptors (Lipinski definition) is 5. The van der Waals surface area contributed by atoms with Crippen LogP contribution >= 0.6 is 0 Å². The number of rotatable bonds is 5. The molecule has 1 amide bonds. The molecule has 0 fully saturated rings. The van der Waals surface area contributed by atoms with Crippen LogP contribution in [0, 0.1) is 15.9 Å². The molecular formula is C19H17FN2O5.